The lowest BCUT2D eigenvalue weighted by Crippen LogP contribution is -2.23. The van der Waals surface area contributed by atoms with E-state index in [1.54, 1.807) is 0 Å². The molecule has 0 saturated carbocycles. The van der Waals surface area contributed by atoms with Crippen LogP contribution in [0.15, 0.2) is 78.9 Å². The van der Waals surface area contributed by atoms with Crippen molar-refractivity contribution in [2.24, 2.45) is 23.2 Å². The molecule has 4 rings (SSSR count). The second-order valence-electron chi connectivity index (χ2n) is 23.2. The lowest BCUT2D eigenvalue weighted by molar-refractivity contribution is 0.306. The number of hydrogen-bond donors (Lipinski definition) is 1. The van der Waals surface area contributed by atoms with Gasteiger partial charge in [0, 0.05) is 5.69 Å². The fourth-order valence-electron chi connectivity index (χ4n) is 9.45. The number of rotatable bonds is 11. The van der Waals surface area contributed by atoms with Crippen molar-refractivity contribution >= 4 is 11.3 Å². The summed E-state index contributed by atoms with van der Waals surface area (Å²) in [6.07, 6.45) is 13.9. The molecule has 2 N–H and O–H groups in total. The van der Waals surface area contributed by atoms with Crippen LogP contribution in [0.5, 0.6) is 0 Å². The monoisotopic (exact) mass is 756 g/mol. The highest BCUT2D eigenvalue weighted by Crippen LogP contribution is 2.40. The summed E-state index contributed by atoms with van der Waals surface area (Å²) in [6.45, 7) is 44.3. The molecular weight excluding hydrogens is 675 g/mol. The van der Waals surface area contributed by atoms with E-state index in [0.29, 0.717) is 23.2 Å². The highest BCUT2D eigenvalue weighted by atomic mass is 14.6. The lowest BCUT2D eigenvalue weighted by Gasteiger charge is -2.32. The van der Waals surface area contributed by atoms with E-state index in [1.807, 2.05) is 0 Å². The van der Waals surface area contributed by atoms with Crippen LogP contribution in [0, 0.1) is 30.1 Å². The molecule has 0 aliphatic heterocycles. The van der Waals surface area contributed by atoms with Crippen molar-refractivity contribution in [3.05, 3.63) is 129 Å². The Bertz CT molecular complexity index is 1740. The zero-order valence-corrected chi connectivity index (χ0v) is 39.1. The van der Waals surface area contributed by atoms with Crippen LogP contribution in [0.4, 0.5) is 5.69 Å². The van der Waals surface area contributed by atoms with Gasteiger partial charge in [-0.25, -0.2) is 0 Å². The fourth-order valence-corrected chi connectivity index (χ4v) is 9.45. The van der Waals surface area contributed by atoms with Crippen LogP contribution >= 0.6 is 0 Å². The smallest absolute Gasteiger partial charge is 0.0390 e. The third-order valence-electron chi connectivity index (χ3n) is 12.0. The SMILES string of the molecule is C=C(C1=CCC(CC(Cc2cc(C(C)(C)C)c(C)c(C(C)(C)C)c2)Cc2cc(C(C)(C)C)c(N)c(C(C)(C)C)c2)C=C1)c1ccc(CC(C)CC(C)(C)C)cc1. The van der Waals surface area contributed by atoms with Gasteiger partial charge in [0.25, 0.3) is 0 Å². The van der Waals surface area contributed by atoms with Crippen LogP contribution in [0.1, 0.15) is 180 Å². The largest absolute Gasteiger partial charge is 0.398 e. The molecule has 0 amide bonds. The second-order valence-corrected chi connectivity index (χ2v) is 23.2. The molecule has 1 aliphatic carbocycles. The van der Waals surface area contributed by atoms with Crippen molar-refractivity contribution in [1.82, 2.24) is 0 Å². The third kappa shape index (κ3) is 12.1. The first-order valence-electron chi connectivity index (χ1n) is 21.8. The molecule has 56 heavy (non-hydrogen) atoms. The Morgan fingerprint density at radius 1 is 0.661 bits per heavy atom. The minimum atomic E-state index is -0.0313. The summed E-state index contributed by atoms with van der Waals surface area (Å²) >= 11 is 0. The van der Waals surface area contributed by atoms with Gasteiger partial charge in [0.05, 0.1) is 0 Å². The van der Waals surface area contributed by atoms with Gasteiger partial charge in [-0.3, -0.25) is 0 Å². The Balaban J connectivity index is 1.65. The summed E-state index contributed by atoms with van der Waals surface area (Å²) in [5.74, 6) is 1.63. The standard InChI is InChI=1S/C55H81N/c1-36(35-51(4,5)6)27-39-19-23-44(24-20-39)37(2)45-25-21-40(22-26-45)28-41(29-42-31-46(52(7,8)9)38(3)47(32-42)53(10,11)12)30-43-33-48(54(13,14)15)50(56)49(34-43)55(16,17)18/h19-21,23-26,31-34,36,40-41H,2,22,27-30,35,56H2,1,3-18H3. The van der Waals surface area contributed by atoms with Crippen LogP contribution in [-0.4, -0.2) is 0 Å². The van der Waals surface area contributed by atoms with Gasteiger partial charge >= 0.3 is 0 Å². The Morgan fingerprint density at radius 2 is 1.11 bits per heavy atom. The third-order valence-corrected chi connectivity index (χ3v) is 12.0. The number of hydrogen-bond acceptors (Lipinski definition) is 1. The maximum atomic E-state index is 6.96. The molecule has 306 valence electrons. The molecule has 0 bridgehead atoms. The summed E-state index contributed by atoms with van der Waals surface area (Å²) in [5, 5.41) is 0. The molecule has 0 spiro atoms. The molecule has 3 aromatic carbocycles. The Morgan fingerprint density at radius 3 is 1.50 bits per heavy atom. The summed E-state index contributed by atoms with van der Waals surface area (Å²) in [6, 6.07) is 19.1. The van der Waals surface area contributed by atoms with Gasteiger partial charge in [-0.15, -0.1) is 0 Å². The molecule has 0 heterocycles. The van der Waals surface area contributed by atoms with Gasteiger partial charge in [-0.2, -0.15) is 0 Å². The molecule has 1 heteroatoms. The molecule has 0 radical (unpaired) electrons. The normalized spacial score (nSPS) is 16.8. The van der Waals surface area contributed by atoms with Gasteiger partial charge in [-0.1, -0.05) is 184 Å². The van der Waals surface area contributed by atoms with Gasteiger partial charge in [0.2, 0.25) is 0 Å². The first kappa shape index (κ1) is 45.4. The van der Waals surface area contributed by atoms with Crippen LogP contribution in [0.3, 0.4) is 0 Å². The average molecular weight is 756 g/mol. The quantitative estimate of drug-likeness (QED) is 0.194. The number of benzene rings is 3. The molecule has 3 unspecified atom stereocenters. The van der Waals surface area contributed by atoms with Crippen LogP contribution in [0.25, 0.3) is 5.57 Å². The molecule has 0 saturated heterocycles. The number of nitrogens with two attached hydrogens (primary N) is 1. The molecular formula is C55H81N. The summed E-state index contributed by atoms with van der Waals surface area (Å²) in [7, 11) is 0. The highest BCUT2D eigenvalue weighted by molar-refractivity contribution is 5.80. The number of allylic oxidation sites excluding steroid dienone is 5. The van der Waals surface area contributed by atoms with Crippen molar-refractivity contribution in [3.63, 3.8) is 0 Å². The zero-order chi connectivity index (χ0) is 42.2. The topological polar surface area (TPSA) is 26.0 Å². The average Bonchev–Trinajstić information content (AvgIpc) is 3.03. The van der Waals surface area contributed by atoms with Crippen LogP contribution in [0.2, 0.25) is 0 Å². The van der Waals surface area contributed by atoms with Crippen molar-refractivity contribution in [1.29, 1.82) is 0 Å². The molecule has 3 aromatic rings. The zero-order valence-electron chi connectivity index (χ0n) is 39.1. The van der Waals surface area contributed by atoms with E-state index in [9.17, 15) is 0 Å². The Hall–Kier alpha value is -3.32. The van der Waals surface area contributed by atoms with E-state index in [0.717, 1.165) is 43.4 Å². The lowest BCUT2D eigenvalue weighted by atomic mass is 9.73. The van der Waals surface area contributed by atoms with E-state index in [4.69, 9.17) is 5.73 Å². The Kier molecular flexibility index (Phi) is 13.7. The van der Waals surface area contributed by atoms with E-state index >= 15 is 0 Å². The minimum Gasteiger partial charge on any atom is -0.398 e. The van der Waals surface area contributed by atoms with Gasteiger partial charge in [0.15, 0.2) is 0 Å². The summed E-state index contributed by atoms with van der Waals surface area (Å²) in [5.41, 5.74) is 23.3. The van der Waals surface area contributed by atoms with Crippen LogP contribution < -0.4 is 5.73 Å². The van der Waals surface area contributed by atoms with E-state index in [-0.39, 0.29) is 21.7 Å². The first-order chi connectivity index (χ1) is 25.5. The fraction of sp³-hybridized carbons (Fsp3) is 0.564. The number of anilines is 1. The van der Waals surface area contributed by atoms with Crippen molar-refractivity contribution in [3.8, 4) is 0 Å². The maximum Gasteiger partial charge on any atom is 0.0390 e. The minimum absolute atomic E-state index is 0.0313. The first-order valence-corrected chi connectivity index (χ1v) is 21.8. The predicted molar refractivity (Wildman–Crippen MR) is 250 cm³/mol. The van der Waals surface area contributed by atoms with Gasteiger partial charge < -0.3 is 5.73 Å². The van der Waals surface area contributed by atoms with Crippen molar-refractivity contribution in [2.45, 2.75) is 178 Å². The van der Waals surface area contributed by atoms with Crippen molar-refractivity contribution in [2.75, 3.05) is 5.73 Å². The van der Waals surface area contributed by atoms with E-state index in [1.165, 1.54) is 62.1 Å². The van der Waals surface area contributed by atoms with E-state index < -0.39 is 0 Å². The van der Waals surface area contributed by atoms with Gasteiger partial charge in [-0.05, 0) is 151 Å². The molecule has 1 nitrogen and oxygen atoms in total. The molecule has 0 fully saturated rings. The predicted octanol–water partition coefficient (Wildman–Crippen LogP) is 15.4. The number of nitrogen functional groups attached to an aromatic ring is 1. The highest BCUT2D eigenvalue weighted by Gasteiger charge is 2.29. The molecule has 1 aliphatic rings. The van der Waals surface area contributed by atoms with Crippen molar-refractivity contribution < 1.29 is 0 Å². The maximum absolute atomic E-state index is 6.96. The summed E-state index contributed by atoms with van der Waals surface area (Å²) in [4.78, 5) is 0. The second kappa shape index (κ2) is 16.9. The van der Waals surface area contributed by atoms with Crippen LogP contribution in [-0.2, 0) is 40.9 Å². The van der Waals surface area contributed by atoms with Gasteiger partial charge in [0.1, 0.15) is 0 Å². The molecule has 3 atom stereocenters. The summed E-state index contributed by atoms with van der Waals surface area (Å²) < 4.78 is 0. The molecule has 0 aromatic heterocycles. The Labute approximate surface area is 345 Å². The van der Waals surface area contributed by atoms with E-state index in [2.05, 4.69) is 191 Å².